The normalized spacial score (nSPS) is 11.7. The number of nitrogens with two attached hydrogens (primary N) is 1. The van der Waals surface area contributed by atoms with Gasteiger partial charge in [-0.3, -0.25) is 0 Å². The minimum Gasteiger partial charge on any atom is -0.398 e. The van der Waals surface area contributed by atoms with E-state index in [2.05, 4.69) is 0 Å². The zero-order valence-corrected chi connectivity index (χ0v) is 10.4. The van der Waals surface area contributed by atoms with Gasteiger partial charge in [0, 0.05) is 11.3 Å². The van der Waals surface area contributed by atoms with E-state index in [0.29, 0.717) is 0 Å². The molecule has 20 heavy (non-hydrogen) atoms. The monoisotopic (exact) mass is 287 g/mol. The van der Waals surface area contributed by atoms with Crippen LogP contribution in [-0.2, 0) is 6.18 Å². The van der Waals surface area contributed by atoms with E-state index >= 15 is 0 Å². The summed E-state index contributed by atoms with van der Waals surface area (Å²) in [6.07, 6.45) is -4.61. The standard InChI is InChI=1S/C14H10F5N/c1-7-11(14(17,18)19)4-8(5-13(7)20)10-6-9(15)2-3-12(10)16/h2-6H,20H2,1H3. The van der Waals surface area contributed by atoms with Crippen LogP contribution in [0.4, 0.5) is 27.6 Å². The lowest BCUT2D eigenvalue weighted by Gasteiger charge is -2.15. The Morgan fingerprint density at radius 2 is 1.65 bits per heavy atom. The van der Waals surface area contributed by atoms with Crippen LogP contribution < -0.4 is 5.73 Å². The Morgan fingerprint density at radius 3 is 2.25 bits per heavy atom. The fourth-order valence-corrected chi connectivity index (χ4v) is 1.91. The quantitative estimate of drug-likeness (QED) is 0.604. The van der Waals surface area contributed by atoms with Gasteiger partial charge in [0.15, 0.2) is 0 Å². The number of nitrogen functional groups attached to an aromatic ring is 1. The van der Waals surface area contributed by atoms with E-state index in [0.717, 1.165) is 24.3 Å². The summed E-state index contributed by atoms with van der Waals surface area (Å²) >= 11 is 0. The smallest absolute Gasteiger partial charge is 0.398 e. The number of hydrogen-bond acceptors (Lipinski definition) is 1. The van der Waals surface area contributed by atoms with Crippen molar-refractivity contribution in [1.29, 1.82) is 0 Å². The van der Waals surface area contributed by atoms with E-state index in [-0.39, 0.29) is 22.4 Å². The predicted molar refractivity (Wildman–Crippen MR) is 65.9 cm³/mol. The molecular weight excluding hydrogens is 277 g/mol. The van der Waals surface area contributed by atoms with Crippen molar-refractivity contribution >= 4 is 5.69 Å². The molecule has 0 amide bonds. The molecule has 0 aliphatic carbocycles. The molecule has 0 saturated carbocycles. The van der Waals surface area contributed by atoms with E-state index in [1.165, 1.54) is 13.0 Å². The van der Waals surface area contributed by atoms with Crippen molar-refractivity contribution < 1.29 is 22.0 Å². The van der Waals surface area contributed by atoms with Gasteiger partial charge in [-0.25, -0.2) is 8.78 Å². The first kappa shape index (κ1) is 14.3. The van der Waals surface area contributed by atoms with Gasteiger partial charge >= 0.3 is 6.18 Å². The minimum absolute atomic E-state index is 0.113. The largest absolute Gasteiger partial charge is 0.416 e. The van der Waals surface area contributed by atoms with Crippen molar-refractivity contribution in [3.63, 3.8) is 0 Å². The van der Waals surface area contributed by atoms with E-state index in [1.54, 1.807) is 0 Å². The van der Waals surface area contributed by atoms with Crippen LogP contribution in [0.5, 0.6) is 0 Å². The van der Waals surface area contributed by atoms with Crippen LogP contribution in [-0.4, -0.2) is 0 Å². The second-order valence-corrected chi connectivity index (χ2v) is 4.36. The van der Waals surface area contributed by atoms with Crippen molar-refractivity contribution in [1.82, 2.24) is 0 Å². The van der Waals surface area contributed by atoms with Crippen LogP contribution in [0.1, 0.15) is 11.1 Å². The van der Waals surface area contributed by atoms with E-state index in [4.69, 9.17) is 5.73 Å². The van der Waals surface area contributed by atoms with Crippen molar-refractivity contribution in [2.75, 3.05) is 5.73 Å². The number of alkyl halides is 3. The zero-order valence-electron chi connectivity index (χ0n) is 10.4. The van der Waals surface area contributed by atoms with Crippen molar-refractivity contribution in [3.05, 3.63) is 53.1 Å². The van der Waals surface area contributed by atoms with Crippen molar-refractivity contribution in [2.45, 2.75) is 13.1 Å². The Bertz CT molecular complexity index is 661. The molecule has 106 valence electrons. The highest BCUT2D eigenvalue weighted by atomic mass is 19.4. The highest BCUT2D eigenvalue weighted by Crippen LogP contribution is 2.38. The number of hydrogen-bond donors (Lipinski definition) is 1. The maximum absolute atomic E-state index is 13.6. The topological polar surface area (TPSA) is 26.0 Å². The summed E-state index contributed by atoms with van der Waals surface area (Å²) in [7, 11) is 0. The number of benzene rings is 2. The van der Waals surface area contributed by atoms with Crippen LogP contribution in [0, 0.1) is 18.6 Å². The second kappa shape index (κ2) is 4.77. The van der Waals surface area contributed by atoms with Gasteiger partial charge in [-0.1, -0.05) is 0 Å². The Labute approximate surface area is 111 Å². The molecule has 0 aromatic heterocycles. The van der Waals surface area contributed by atoms with Crippen LogP contribution in [0.2, 0.25) is 0 Å². The summed E-state index contributed by atoms with van der Waals surface area (Å²) < 4.78 is 65.4. The number of halogens is 5. The van der Waals surface area contributed by atoms with Gasteiger partial charge in [0.2, 0.25) is 0 Å². The summed E-state index contributed by atoms with van der Waals surface area (Å²) in [4.78, 5) is 0. The first-order chi connectivity index (χ1) is 9.20. The fraction of sp³-hybridized carbons (Fsp3) is 0.143. The third-order valence-electron chi connectivity index (χ3n) is 2.99. The molecule has 1 nitrogen and oxygen atoms in total. The summed E-state index contributed by atoms with van der Waals surface area (Å²) in [5, 5.41) is 0. The molecule has 0 heterocycles. The molecule has 0 saturated heterocycles. The molecule has 0 radical (unpaired) electrons. The Hall–Kier alpha value is -2.11. The predicted octanol–water partition coefficient (Wildman–Crippen LogP) is 4.54. The van der Waals surface area contributed by atoms with Gasteiger partial charge in [-0.05, 0) is 48.4 Å². The molecule has 2 aromatic carbocycles. The number of anilines is 1. The van der Waals surface area contributed by atoms with Gasteiger partial charge < -0.3 is 5.73 Å². The molecule has 0 unspecified atom stereocenters. The molecular formula is C14H10F5N. The van der Waals surface area contributed by atoms with Gasteiger partial charge in [-0.15, -0.1) is 0 Å². The molecule has 0 fully saturated rings. The Morgan fingerprint density at radius 1 is 1.00 bits per heavy atom. The molecule has 0 aliphatic heterocycles. The number of rotatable bonds is 1. The SMILES string of the molecule is Cc1c(N)cc(-c2cc(F)ccc2F)cc1C(F)(F)F. The Balaban J connectivity index is 2.70. The van der Waals surface area contributed by atoms with Crippen LogP contribution in [0.3, 0.4) is 0 Å². The summed E-state index contributed by atoms with van der Waals surface area (Å²) in [6.45, 7) is 1.23. The summed E-state index contributed by atoms with van der Waals surface area (Å²) in [5.41, 5.74) is 3.92. The van der Waals surface area contributed by atoms with Crippen LogP contribution in [0.15, 0.2) is 30.3 Å². The third-order valence-corrected chi connectivity index (χ3v) is 2.99. The van der Waals surface area contributed by atoms with Gasteiger partial charge in [0.1, 0.15) is 11.6 Å². The lowest BCUT2D eigenvalue weighted by Crippen LogP contribution is -2.09. The van der Waals surface area contributed by atoms with E-state index < -0.39 is 23.4 Å². The molecule has 6 heteroatoms. The molecule has 0 bridgehead atoms. The fourth-order valence-electron chi connectivity index (χ4n) is 1.91. The molecule has 0 aliphatic rings. The van der Waals surface area contributed by atoms with Gasteiger partial charge in [-0.2, -0.15) is 13.2 Å². The van der Waals surface area contributed by atoms with Crippen molar-refractivity contribution in [2.24, 2.45) is 0 Å². The average Bonchev–Trinajstić information content (AvgIpc) is 2.34. The molecule has 2 N–H and O–H groups in total. The maximum Gasteiger partial charge on any atom is 0.416 e. The highest BCUT2D eigenvalue weighted by molar-refractivity contribution is 5.71. The minimum atomic E-state index is -4.61. The zero-order chi connectivity index (χ0) is 15.1. The van der Waals surface area contributed by atoms with E-state index in [1.807, 2.05) is 0 Å². The highest BCUT2D eigenvalue weighted by Gasteiger charge is 2.33. The van der Waals surface area contributed by atoms with Crippen LogP contribution in [0.25, 0.3) is 11.1 Å². The summed E-state index contributed by atoms with van der Waals surface area (Å²) in [6, 6.07) is 4.54. The average molecular weight is 287 g/mol. The molecule has 0 spiro atoms. The second-order valence-electron chi connectivity index (χ2n) is 4.36. The molecule has 2 rings (SSSR count). The lowest BCUT2D eigenvalue weighted by atomic mass is 9.97. The van der Waals surface area contributed by atoms with E-state index in [9.17, 15) is 22.0 Å². The first-order valence-corrected chi connectivity index (χ1v) is 5.63. The molecule has 2 aromatic rings. The molecule has 0 atom stereocenters. The summed E-state index contributed by atoms with van der Waals surface area (Å²) in [5.74, 6) is -1.56. The lowest BCUT2D eigenvalue weighted by molar-refractivity contribution is -0.138. The van der Waals surface area contributed by atoms with Crippen molar-refractivity contribution in [3.8, 4) is 11.1 Å². The first-order valence-electron chi connectivity index (χ1n) is 5.63. The maximum atomic E-state index is 13.6. The third kappa shape index (κ3) is 2.59. The Kier molecular flexibility index (Phi) is 3.41. The van der Waals surface area contributed by atoms with Gasteiger partial charge in [0.25, 0.3) is 0 Å². The van der Waals surface area contributed by atoms with Gasteiger partial charge in [0.05, 0.1) is 5.56 Å². The van der Waals surface area contributed by atoms with Crippen LogP contribution >= 0.6 is 0 Å².